The van der Waals surface area contributed by atoms with Crippen LogP contribution in [0.15, 0.2) is 42.6 Å². The van der Waals surface area contributed by atoms with Crippen LogP contribution in [0.4, 0.5) is 0 Å². The smallest absolute Gasteiger partial charge is 0.0715 e. The minimum absolute atomic E-state index is 0.974. The molecule has 0 bridgehead atoms. The van der Waals surface area contributed by atoms with Crippen molar-refractivity contribution in [3.8, 4) is 0 Å². The first-order valence-electron chi connectivity index (χ1n) is 4.51. The Morgan fingerprint density at radius 1 is 1.07 bits per heavy atom. The summed E-state index contributed by atoms with van der Waals surface area (Å²) in [6, 6.07) is 18.1. The van der Waals surface area contributed by atoms with Crippen LogP contribution in [-0.2, 0) is 0 Å². The summed E-state index contributed by atoms with van der Waals surface area (Å²) in [5.74, 6) is 0. The van der Waals surface area contributed by atoms with Gasteiger partial charge in [0, 0.05) is 23.0 Å². The quantitative estimate of drug-likeness (QED) is 0.481. The highest BCUT2D eigenvalue weighted by Crippen LogP contribution is 2.21. The molecule has 1 heterocycles. The summed E-state index contributed by atoms with van der Waals surface area (Å²) in [6.45, 7) is 0. The number of rotatable bonds is 0. The summed E-state index contributed by atoms with van der Waals surface area (Å²) in [7, 11) is 0. The molecule has 1 nitrogen and oxygen atoms in total. The maximum atomic E-state index is 4.36. The number of pyridine rings is 1. The molecule has 0 N–H and O–H groups in total. The van der Waals surface area contributed by atoms with Crippen LogP contribution in [0.5, 0.6) is 0 Å². The van der Waals surface area contributed by atoms with Crippen LogP contribution in [0.25, 0.3) is 21.7 Å². The highest BCUT2D eigenvalue weighted by molar-refractivity contribution is 6.04. The van der Waals surface area contributed by atoms with E-state index in [1.807, 2.05) is 30.5 Å². The molecule has 0 spiro atoms. The van der Waals surface area contributed by atoms with Gasteiger partial charge in [0.1, 0.15) is 0 Å². The molecule has 2 radical (unpaired) electrons. The summed E-state index contributed by atoms with van der Waals surface area (Å²) >= 11 is 0. The van der Waals surface area contributed by atoms with Gasteiger partial charge in [-0.25, -0.2) is 0 Å². The first-order chi connectivity index (χ1) is 6.95. The third-order valence-corrected chi connectivity index (χ3v) is 2.35. The molecule has 0 aliphatic heterocycles. The lowest BCUT2D eigenvalue weighted by molar-refractivity contribution is 1.44. The van der Waals surface area contributed by atoms with Crippen molar-refractivity contribution in [2.75, 3.05) is 0 Å². The second-order valence-corrected chi connectivity index (χ2v) is 3.21. The van der Waals surface area contributed by atoms with Crippen LogP contribution in [0, 0.1) is 12.1 Å². The van der Waals surface area contributed by atoms with Crippen molar-refractivity contribution in [2.45, 2.75) is 0 Å². The summed E-state index contributed by atoms with van der Waals surface area (Å²) in [4.78, 5) is 4.36. The highest BCUT2D eigenvalue weighted by Gasteiger charge is 1.99. The molecule has 0 unspecified atom stereocenters. The molecule has 0 saturated carbocycles. The SMILES string of the molecule is [c]1[c]c2c(cc1)ncc1ccccc12. The second kappa shape index (κ2) is 2.81. The fourth-order valence-electron chi connectivity index (χ4n) is 1.67. The van der Waals surface area contributed by atoms with Gasteiger partial charge in [-0.2, -0.15) is 0 Å². The highest BCUT2D eigenvalue weighted by atomic mass is 14.6. The summed E-state index contributed by atoms with van der Waals surface area (Å²) in [5, 5.41) is 3.38. The first-order valence-corrected chi connectivity index (χ1v) is 4.51. The van der Waals surface area contributed by atoms with Gasteiger partial charge in [-0.3, -0.25) is 4.98 Å². The zero-order chi connectivity index (χ0) is 9.38. The van der Waals surface area contributed by atoms with Crippen molar-refractivity contribution in [2.24, 2.45) is 0 Å². The van der Waals surface area contributed by atoms with Gasteiger partial charge in [0.15, 0.2) is 0 Å². The molecule has 3 aromatic rings. The third-order valence-electron chi connectivity index (χ3n) is 2.35. The van der Waals surface area contributed by atoms with Crippen LogP contribution < -0.4 is 0 Å². The fraction of sp³-hybridized carbons (Fsp3) is 0. The standard InChI is InChI=1S/C13H7N/c1-2-6-11-10(5-1)9-14-13-8-4-3-7-12(11)13/h1-2,4-6,8-9H. The maximum Gasteiger partial charge on any atom is 0.0715 e. The molecule has 14 heavy (non-hydrogen) atoms. The van der Waals surface area contributed by atoms with Crippen molar-refractivity contribution >= 4 is 21.7 Å². The van der Waals surface area contributed by atoms with Gasteiger partial charge in [-0.1, -0.05) is 30.3 Å². The Hall–Kier alpha value is -1.89. The molecule has 2 aromatic carbocycles. The van der Waals surface area contributed by atoms with E-state index in [4.69, 9.17) is 0 Å². The number of hydrogen-bond acceptors (Lipinski definition) is 1. The predicted octanol–water partition coefficient (Wildman–Crippen LogP) is 2.99. The Bertz CT molecular complexity index is 544. The van der Waals surface area contributed by atoms with E-state index in [1.165, 1.54) is 5.39 Å². The maximum absolute atomic E-state index is 4.36. The van der Waals surface area contributed by atoms with Crippen LogP contribution in [-0.4, -0.2) is 4.98 Å². The minimum Gasteiger partial charge on any atom is -0.256 e. The molecular weight excluding hydrogens is 170 g/mol. The molecule has 3 rings (SSSR count). The number of fused-ring (bicyclic) bond motifs is 3. The molecule has 0 fully saturated rings. The molecule has 0 atom stereocenters. The molecule has 1 heteroatoms. The van der Waals surface area contributed by atoms with Crippen molar-refractivity contribution in [1.82, 2.24) is 4.98 Å². The fourth-order valence-corrected chi connectivity index (χ4v) is 1.67. The van der Waals surface area contributed by atoms with Gasteiger partial charge in [0.05, 0.1) is 5.52 Å². The first kappa shape index (κ1) is 7.51. The van der Waals surface area contributed by atoms with Gasteiger partial charge in [0.2, 0.25) is 0 Å². The van der Waals surface area contributed by atoms with Crippen molar-refractivity contribution in [1.29, 1.82) is 0 Å². The number of hydrogen-bond donors (Lipinski definition) is 0. The minimum atomic E-state index is 0.974. The topological polar surface area (TPSA) is 12.9 Å². The van der Waals surface area contributed by atoms with Gasteiger partial charge in [-0.05, 0) is 17.5 Å². The Morgan fingerprint density at radius 3 is 3.00 bits per heavy atom. The number of benzene rings is 2. The average molecular weight is 177 g/mol. The normalized spacial score (nSPS) is 10.9. The molecule has 1 aromatic heterocycles. The Kier molecular flexibility index (Phi) is 1.51. The van der Waals surface area contributed by atoms with E-state index in [0.717, 1.165) is 16.3 Å². The molecule has 0 aliphatic carbocycles. The monoisotopic (exact) mass is 177 g/mol. The van der Waals surface area contributed by atoms with E-state index in [1.54, 1.807) is 0 Å². The lowest BCUT2D eigenvalue weighted by Crippen LogP contribution is -1.80. The van der Waals surface area contributed by atoms with E-state index < -0.39 is 0 Å². The van der Waals surface area contributed by atoms with E-state index in [-0.39, 0.29) is 0 Å². The van der Waals surface area contributed by atoms with Crippen molar-refractivity contribution in [3.63, 3.8) is 0 Å². The lowest BCUT2D eigenvalue weighted by atomic mass is 10.1. The van der Waals surface area contributed by atoms with E-state index in [2.05, 4.69) is 29.2 Å². The molecule has 0 aliphatic rings. The van der Waals surface area contributed by atoms with Crippen LogP contribution in [0.1, 0.15) is 0 Å². The van der Waals surface area contributed by atoms with Gasteiger partial charge < -0.3 is 0 Å². The zero-order valence-electron chi connectivity index (χ0n) is 7.49. The Labute approximate surface area is 82.0 Å². The van der Waals surface area contributed by atoms with Gasteiger partial charge >= 0.3 is 0 Å². The van der Waals surface area contributed by atoms with Gasteiger partial charge in [0.25, 0.3) is 0 Å². The molecule has 0 saturated heterocycles. The number of aromatic nitrogens is 1. The molecule has 64 valence electrons. The average Bonchev–Trinajstić information content (AvgIpc) is 2.29. The summed E-state index contributed by atoms with van der Waals surface area (Å²) < 4.78 is 0. The number of nitrogens with zero attached hydrogens (tertiary/aromatic N) is 1. The predicted molar refractivity (Wildman–Crippen MR) is 56.9 cm³/mol. The summed E-state index contributed by atoms with van der Waals surface area (Å²) in [5.41, 5.74) is 0.974. The Morgan fingerprint density at radius 2 is 2.00 bits per heavy atom. The van der Waals surface area contributed by atoms with Crippen molar-refractivity contribution in [3.05, 3.63) is 54.7 Å². The Balaban J connectivity index is 2.61. The summed E-state index contributed by atoms with van der Waals surface area (Å²) in [6.07, 6.45) is 1.89. The lowest BCUT2D eigenvalue weighted by Gasteiger charge is -2.00. The molecule has 0 amide bonds. The second-order valence-electron chi connectivity index (χ2n) is 3.21. The van der Waals surface area contributed by atoms with Crippen molar-refractivity contribution < 1.29 is 0 Å². The third kappa shape index (κ3) is 0.990. The zero-order valence-corrected chi connectivity index (χ0v) is 7.49. The van der Waals surface area contributed by atoms with Crippen LogP contribution >= 0.6 is 0 Å². The van der Waals surface area contributed by atoms with E-state index >= 15 is 0 Å². The van der Waals surface area contributed by atoms with Crippen LogP contribution in [0.2, 0.25) is 0 Å². The van der Waals surface area contributed by atoms with Crippen LogP contribution in [0.3, 0.4) is 0 Å². The van der Waals surface area contributed by atoms with E-state index in [0.29, 0.717) is 0 Å². The van der Waals surface area contributed by atoms with E-state index in [9.17, 15) is 0 Å². The van der Waals surface area contributed by atoms with Gasteiger partial charge in [-0.15, -0.1) is 0 Å². The molecular formula is C13H7N. The largest absolute Gasteiger partial charge is 0.256 e.